The van der Waals surface area contributed by atoms with E-state index in [0.29, 0.717) is 22.5 Å². The molecule has 0 radical (unpaired) electrons. The van der Waals surface area contributed by atoms with Gasteiger partial charge < -0.3 is 20.9 Å². The first kappa shape index (κ1) is 22.3. The molecular weight excluding hydrogens is 392 g/mol. The number of nitrogens with one attached hydrogen (secondary N) is 3. The number of carbonyl (C=O) groups excluding carboxylic acids is 3. The van der Waals surface area contributed by atoms with Gasteiger partial charge in [-0.15, -0.1) is 0 Å². The molecule has 1 fully saturated rings. The van der Waals surface area contributed by atoms with E-state index in [2.05, 4.69) is 16.0 Å². The van der Waals surface area contributed by atoms with Crippen LogP contribution >= 0.6 is 0 Å². The Morgan fingerprint density at radius 3 is 2.26 bits per heavy atom. The molecule has 164 valence electrons. The van der Waals surface area contributed by atoms with Gasteiger partial charge in [-0.2, -0.15) is 0 Å². The Kier molecular flexibility index (Phi) is 7.65. The average Bonchev–Trinajstić information content (AvgIpc) is 2.78. The van der Waals surface area contributed by atoms with Gasteiger partial charge in [-0.25, -0.2) is 0 Å². The smallest absolute Gasteiger partial charge is 0.253 e. The van der Waals surface area contributed by atoms with Crippen molar-refractivity contribution < 1.29 is 14.4 Å². The zero-order chi connectivity index (χ0) is 22.2. The topological polar surface area (TPSA) is 90.5 Å². The minimum absolute atomic E-state index is 0.0412. The first-order chi connectivity index (χ1) is 14.9. The fraction of sp³-hybridized carbons (Fsp3) is 0.375. The third-order valence-electron chi connectivity index (χ3n) is 5.32. The van der Waals surface area contributed by atoms with E-state index >= 15 is 0 Å². The number of hydrogen-bond donors (Lipinski definition) is 3. The summed E-state index contributed by atoms with van der Waals surface area (Å²) in [4.78, 5) is 38.4. The quantitative estimate of drug-likeness (QED) is 0.637. The molecule has 2 aromatic rings. The zero-order valence-corrected chi connectivity index (χ0v) is 18.1. The summed E-state index contributed by atoms with van der Waals surface area (Å²) >= 11 is 0. The maximum atomic E-state index is 12.5. The summed E-state index contributed by atoms with van der Waals surface area (Å²) < 4.78 is 0. The van der Waals surface area contributed by atoms with Gasteiger partial charge in [0.2, 0.25) is 5.91 Å². The van der Waals surface area contributed by atoms with E-state index in [1.165, 1.54) is 11.3 Å². The van der Waals surface area contributed by atoms with Crippen molar-refractivity contribution in [3.63, 3.8) is 0 Å². The van der Waals surface area contributed by atoms with Crippen LogP contribution in [0, 0.1) is 0 Å². The predicted octanol–water partition coefficient (Wildman–Crippen LogP) is 3.50. The molecule has 1 aliphatic rings. The van der Waals surface area contributed by atoms with Crippen LogP contribution in [-0.4, -0.2) is 49.3 Å². The fourth-order valence-electron chi connectivity index (χ4n) is 3.66. The minimum Gasteiger partial charge on any atom is -0.376 e. The molecule has 0 bridgehead atoms. The summed E-state index contributed by atoms with van der Waals surface area (Å²) in [6.45, 7) is 0.0412. The number of nitrogens with zero attached hydrogens (tertiary/aromatic N) is 1. The molecule has 0 heterocycles. The molecule has 7 heteroatoms. The molecule has 0 spiro atoms. The van der Waals surface area contributed by atoms with Crippen molar-refractivity contribution in [2.75, 3.05) is 31.3 Å². The first-order valence-corrected chi connectivity index (χ1v) is 10.7. The molecular formula is C24H30N4O3. The van der Waals surface area contributed by atoms with Crippen LogP contribution in [0.2, 0.25) is 0 Å². The number of benzene rings is 2. The Bertz CT molecular complexity index is 936. The van der Waals surface area contributed by atoms with Gasteiger partial charge in [-0.1, -0.05) is 31.4 Å². The average molecular weight is 423 g/mol. The van der Waals surface area contributed by atoms with Crippen molar-refractivity contribution in [1.82, 2.24) is 10.2 Å². The molecule has 31 heavy (non-hydrogen) atoms. The summed E-state index contributed by atoms with van der Waals surface area (Å²) in [6.07, 6.45) is 5.63. The SMILES string of the molecule is CN(C)C(=O)c1cccc(NC(=O)CNc2cccc(C(=O)NC3CCCCC3)c2)c1. The second kappa shape index (κ2) is 10.6. The van der Waals surface area contributed by atoms with Crippen LogP contribution in [0.25, 0.3) is 0 Å². The van der Waals surface area contributed by atoms with Crippen molar-refractivity contribution in [2.24, 2.45) is 0 Å². The number of hydrogen-bond acceptors (Lipinski definition) is 4. The van der Waals surface area contributed by atoms with Crippen molar-refractivity contribution in [3.05, 3.63) is 59.7 Å². The van der Waals surface area contributed by atoms with E-state index in [0.717, 1.165) is 25.7 Å². The maximum Gasteiger partial charge on any atom is 0.253 e. The molecule has 0 saturated heterocycles. The normalized spacial score (nSPS) is 13.9. The van der Waals surface area contributed by atoms with E-state index in [9.17, 15) is 14.4 Å². The van der Waals surface area contributed by atoms with Gasteiger partial charge in [-0.3, -0.25) is 14.4 Å². The van der Waals surface area contributed by atoms with Gasteiger partial charge in [0, 0.05) is 42.6 Å². The standard InChI is InChI=1S/C24H30N4O3/c1-28(2)24(31)18-9-7-13-21(15-18)26-22(29)16-25-20-12-6-8-17(14-20)23(30)27-19-10-4-3-5-11-19/h6-9,12-15,19,25H,3-5,10-11,16H2,1-2H3,(H,26,29)(H,27,30). The second-order valence-corrected chi connectivity index (χ2v) is 8.07. The van der Waals surface area contributed by atoms with Gasteiger partial charge in [0.1, 0.15) is 0 Å². The summed E-state index contributed by atoms with van der Waals surface area (Å²) in [5, 5.41) is 8.94. The van der Waals surface area contributed by atoms with Gasteiger partial charge in [0.05, 0.1) is 6.54 Å². The van der Waals surface area contributed by atoms with Crippen molar-refractivity contribution >= 4 is 29.1 Å². The van der Waals surface area contributed by atoms with Gasteiger partial charge in [0.15, 0.2) is 0 Å². The molecule has 2 aromatic carbocycles. The minimum atomic E-state index is -0.244. The number of rotatable bonds is 7. The highest BCUT2D eigenvalue weighted by atomic mass is 16.2. The van der Waals surface area contributed by atoms with E-state index in [4.69, 9.17) is 0 Å². The molecule has 1 aliphatic carbocycles. The lowest BCUT2D eigenvalue weighted by atomic mass is 9.95. The van der Waals surface area contributed by atoms with E-state index in [-0.39, 0.29) is 30.3 Å². The highest BCUT2D eigenvalue weighted by molar-refractivity contribution is 5.98. The largest absolute Gasteiger partial charge is 0.376 e. The summed E-state index contributed by atoms with van der Waals surface area (Å²) in [6, 6.07) is 14.2. The summed E-state index contributed by atoms with van der Waals surface area (Å²) in [5.41, 5.74) is 2.33. The summed E-state index contributed by atoms with van der Waals surface area (Å²) in [5.74, 6) is -0.452. The molecule has 3 amide bonds. The lowest BCUT2D eigenvalue weighted by molar-refractivity contribution is -0.114. The molecule has 3 N–H and O–H groups in total. The Morgan fingerprint density at radius 2 is 1.55 bits per heavy atom. The molecule has 0 aromatic heterocycles. The van der Waals surface area contributed by atoms with Crippen LogP contribution in [0.15, 0.2) is 48.5 Å². The monoisotopic (exact) mass is 422 g/mol. The van der Waals surface area contributed by atoms with Crippen LogP contribution in [0.3, 0.4) is 0 Å². The van der Waals surface area contributed by atoms with Crippen LogP contribution in [-0.2, 0) is 4.79 Å². The van der Waals surface area contributed by atoms with E-state index < -0.39 is 0 Å². The van der Waals surface area contributed by atoms with Crippen molar-refractivity contribution in [2.45, 2.75) is 38.1 Å². The number of carbonyl (C=O) groups is 3. The van der Waals surface area contributed by atoms with Gasteiger partial charge in [0.25, 0.3) is 11.8 Å². The molecule has 0 aliphatic heterocycles. The predicted molar refractivity (Wildman–Crippen MR) is 122 cm³/mol. The third kappa shape index (κ3) is 6.57. The van der Waals surface area contributed by atoms with Gasteiger partial charge >= 0.3 is 0 Å². The molecule has 0 atom stereocenters. The van der Waals surface area contributed by atoms with Crippen molar-refractivity contribution in [3.8, 4) is 0 Å². The van der Waals surface area contributed by atoms with Crippen LogP contribution in [0.4, 0.5) is 11.4 Å². The molecule has 0 unspecified atom stereocenters. The lowest BCUT2D eigenvalue weighted by Gasteiger charge is -2.22. The third-order valence-corrected chi connectivity index (χ3v) is 5.32. The Balaban J connectivity index is 1.53. The van der Waals surface area contributed by atoms with Crippen molar-refractivity contribution in [1.29, 1.82) is 0 Å². The van der Waals surface area contributed by atoms with Crippen LogP contribution < -0.4 is 16.0 Å². The van der Waals surface area contributed by atoms with E-state index in [1.54, 1.807) is 56.6 Å². The Labute approximate surface area is 183 Å². The maximum absolute atomic E-state index is 12.5. The van der Waals surface area contributed by atoms with E-state index in [1.807, 2.05) is 6.07 Å². The summed E-state index contributed by atoms with van der Waals surface area (Å²) in [7, 11) is 3.36. The fourth-order valence-corrected chi connectivity index (χ4v) is 3.66. The van der Waals surface area contributed by atoms with Crippen LogP contribution in [0.5, 0.6) is 0 Å². The molecule has 7 nitrogen and oxygen atoms in total. The Hall–Kier alpha value is -3.35. The molecule has 1 saturated carbocycles. The second-order valence-electron chi connectivity index (χ2n) is 8.07. The highest BCUT2D eigenvalue weighted by Crippen LogP contribution is 2.18. The Morgan fingerprint density at radius 1 is 0.903 bits per heavy atom. The first-order valence-electron chi connectivity index (χ1n) is 10.7. The lowest BCUT2D eigenvalue weighted by Crippen LogP contribution is -2.36. The number of amides is 3. The van der Waals surface area contributed by atoms with Gasteiger partial charge in [-0.05, 0) is 49.2 Å². The number of anilines is 2. The highest BCUT2D eigenvalue weighted by Gasteiger charge is 2.17. The van der Waals surface area contributed by atoms with Crippen LogP contribution in [0.1, 0.15) is 52.8 Å². The molecule has 3 rings (SSSR count). The zero-order valence-electron chi connectivity index (χ0n) is 18.1.